The molecule has 0 rings (SSSR count). The minimum atomic E-state index is -4.50. The van der Waals surface area contributed by atoms with Crippen molar-refractivity contribution in [2.75, 3.05) is 20.2 Å². The first-order valence-electron chi connectivity index (χ1n) is 5.65. The SMILES string of the molecule is COC(=O)CCN(CC(F)(F)F)C(=O)C(Br)C(C)C. The van der Waals surface area contributed by atoms with Gasteiger partial charge in [-0.05, 0) is 5.92 Å². The summed E-state index contributed by atoms with van der Waals surface area (Å²) in [5, 5.41) is 0. The number of methoxy groups -OCH3 is 1. The summed E-state index contributed by atoms with van der Waals surface area (Å²) in [6, 6.07) is 0. The number of hydrogen-bond acceptors (Lipinski definition) is 3. The van der Waals surface area contributed by atoms with E-state index in [1.807, 2.05) is 0 Å². The molecule has 0 aromatic heterocycles. The molecule has 8 heteroatoms. The molecule has 0 spiro atoms. The first-order valence-corrected chi connectivity index (χ1v) is 6.56. The van der Waals surface area contributed by atoms with Crippen LogP contribution in [0.2, 0.25) is 0 Å². The molecule has 0 bridgehead atoms. The second-order valence-electron chi connectivity index (χ2n) is 4.35. The number of ether oxygens (including phenoxy) is 1. The highest BCUT2D eigenvalue weighted by molar-refractivity contribution is 9.10. The average Bonchev–Trinajstić information content (AvgIpc) is 2.30. The van der Waals surface area contributed by atoms with E-state index < -0.39 is 29.4 Å². The van der Waals surface area contributed by atoms with Crippen molar-refractivity contribution in [3.05, 3.63) is 0 Å². The van der Waals surface area contributed by atoms with Gasteiger partial charge in [0.25, 0.3) is 0 Å². The van der Waals surface area contributed by atoms with Crippen LogP contribution in [-0.4, -0.2) is 48.0 Å². The molecule has 1 amide bonds. The van der Waals surface area contributed by atoms with Crippen LogP contribution < -0.4 is 0 Å². The standard InChI is InChI=1S/C11H17BrF3NO3/c1-7(2)9(12)10(18)16(6-11(13,14)15)5-4-8(17)19-3/h7,9H,4-6H2,1-3H3. The number of alkyl halides is 4. The number of carbonyl (C=O) groups is 2. The van der Waals surface area contributed by atoms with Gasteiger partial charge in [-0.2, -0.15) is 13.2 Å². The number of halogens is 4. The number of hydrogen-bond donors (Lipinski definition) is 0. The van der Waals surface area contributed by atoms with Crippen LogP contribution in [0.15, 0.2) is 0 Å². The fourth-order valence-electron chi connectivity index (χ4n) is 1.27. The summed E-state index contributed by atoms with van der Waals surface area (Å²) in [6.07, 6.45) is -4.77. The van der Waals surface area contributed by atoms with E-state index in [-0.39, 0.29) is 18.9 Å². The number of rotatable bonds is 6. The van der Waals surface area contributed by atoms with Crippen molar-refractivity contribution in [2.45, 2.75) is 31.3 Å². The van der Waals surface area contributed by atoms with E-state index in [9.17, 15) is 22.8 Å². The molecule has 112 valence electrons. The minimum Gasteiger partial charge on any atom is -0.469 e. The average molecular weight is 348 g/mol. The Kier molecular flexibility index (Phi) is 7.39. The van der Waals surface area contributed by atoms with Gasteiger partial charge >= 0.3 is 12.1 Å². The van der Waals surface area contributed by atoms with E-state index in [2.05, 4.69) is 20.7 Å². The predicted octanol–water partition coefficient (Wildman–Crippen LogP) is 2.36. The van der Waals surface area contributed by atoms with Crippen LogP contribution in [0.3, 0.4) is 0 Å². The molecule has 0 N–H and O–H groups in total. The van der Waals surface area contributed by atoms with Crippen molar-refractivity contribution < 1.29 is 27.5 Å². The van der Waals surface area contributed by atoms with Crippen molar-refractivity contribution in [1.29, 1.82) is 0 Å². The monoisotopic (exact) mass is 347 g/mol. The van der Waals surface area contributed by atoms with Gasteiger partial charge in [-0.15, -0.1) is 0 Å². The summed E-state index contributed by atoms with van der Waals surface area (Å²) in [5.74, 6) is -1.49. The summed E-state index contributed by atoms with van der Waals surface area (Å²) in [5.41, 5.74) is 0. The number of carbonyl (C=O) groups excluding carboxylic acids is 2. The van der Waals surface area contributed by atoms with Crippen molar-refractivity contribution in [2.24, 2.45) is 5.92 Å². The molecule has 0 heterocycles. The quantitative estimate of drug-likeness (QED) is 0.547. The topological polar surface area (TPSA) is 46.6 Å². The smallest absolute Gasteiger partial charge is 0.406 e. The molecule has 1 atom stereocenters. The summed E-state index contributed by atoms with van der Waals surface area (Å²) >= 11 is 3.07. The third-order valence-electron chi connectivity index (χ3n) is 2.32. The number of esters is 1. The fraction of sp³-hybridized carbons (Fsp3) is 0.818. The van der Waals surface area contributed by atoms with Crippen molar-refractivity contribution in [1.82, 2.24) is 4.90 Å². The maximum absolute atomic E-state index is 12.4. The number of nitrogens with zero attached hydrogens (tertiary/aromatic N) is 1. The molecule has 0 aliphatic rings. The van der Waals surface area contributed by atoms with E-state index in [1.165, 1.54) is 0 Å². The molecular weight excluding hydrogens is 331 g/mol. The molecule has 0 aliphatic carbocycles. The van der Waals surface area contributed by atoms with Gasteiger partial charge in [0.05, 0.1) is 18.4 Å². The predicted molar refractivity (Wildman–Crippen MR) is 66.8 cm³/mol. The van der Waals surface area contributed by atoms with E-state index in [4.69, 9.17) is 0 Å². The summed E-state index contributed by atoms with van der Waals surface area (Å²) in [7, 11) is 1.14. The van der Waals surface area contributed by atoms with Gasteiger partial charge in [0.2, 0.25) is 5.91 Å². The Morgan fingerprint density at radius 2 is 1.84 bits per heavy atom. The zero-order valence-corrected chi connectivity index (χ0v) is 12.5. The van der Waals surface area contributed by atoms with Gasteiger partial charge in [-0.1, -0.05) is 29.8 Å². The zero-order valence-electron chi connectivity index (χ0n) is 11.0. The van der Waals surface area contributed by atoms with Crippen molar-refractivity contribution >= 4 is 27.8 Å². The molecule has 0 saturated heterocycles. The lowest BCUT2D eigenvalue weighted by atomic mass is 10.1. The molecule has 0 aromatic carbocycles. The molecule has 4 nitrogen and oxygen atoms in total. The first-order chi connectivity index (χ1) is 8.58. The van der Waals surface area contributed by atoms with E-state index in [1.54, 1.807) is 13.8 Å². The van der Waals surface area contributed by atoms with Crippen LogP contribution in [0.5, 0.6) is 0 Å². The van der Waals surface area contributed by atoms with E-state index >= 15 is 0 Å². The summed E-state index contributed by atoms with van der Waals surface area (Å²) in [6.45, 7) is 1.73. The molecule has 1 unspecified atom stereocenters. The first kappa shape index (κ1) is 18.2. The van der Waals surface area contributed by atoms with Crippen molar-refractivity contribution in [3.63, 3.8) is 0 Å². The fourth-order valence-corrected chi connectivity index (χ4v) is 1.56. The molecule has 0 radical (unpaired) electrons. The Balaban J connectivity index is 4.75. The van der Waals surface area contributed by atoms with Gasteiger partial charge in [0.1, 0.15) is 6.54 Å². The Labute approximate surface area is 118 Å². The summed E-state index contributed by atoms with van der Waals surface area (Å²) < 4.78 is 41.6. The molecule has 0 aromatic rings. The van der Waals surface area contributed by atoms with Crippen LogP contribution in [0.25, 0.3) is 0 Å². The van der Waals surface area contributed by atoms with Gasteiger partial charge in [-0.3, -0.25) is 9.59 Å². The lowest BCUT2D eigenvalue weighted by molar-refractivity contribution is -0.162. The minimum absolute atomic E-state index is 0.152. The van der Waals surface area contributed by atoms with Gasteiger partial charge in [0.15, 0.2) is 0 Å². The normalized spacial score (nSPS) is 13.3. The maximum atomic E-state index is 12.4. The Bertz CT molecular complexity index is 321. The number of amides is 1. The highest BCUT2D eigenvalue weighted by Crippen LogP contribution is 2.21. The Morgan fingerprint density at radius 1 is 1.32 bits per heavy atom. The van der Waals surface area contributed by atoms with Crippen LogP contribution in [0.1, 0.15) is 20.3 Å². The Hall–Kier alpha value is -0.790. The second-order valence-corrected chi connectivity index (χ2v) is 5.33. The molecule has 0 saturated carbocycles. The maximum Gasteiger partial charge on any atom is 0.406 e. The van der Waals surface area contributed by atoms with Gasteiger partial charge in [-0.25, -0.2) is 0 Å². The molecule has 0 aliphatic heterocycles. The van der Waals surface area contributed by atoms with Crippen LogP contribution in [0.4, 0.5) is 13.2 Å². The third-order valence-corrected chi connectivity index (χ3v) is 3.77. The largest absolute Gasteiger partial charge is 0.469 e. The molecule has 19 heavy (non-hydrogen) atoms. The van der Waals surface area contributed by atoms with Crippen molar-refractivity contribution in [3.8, 4) is 0 Å². The van der Waals surface area contributed by atoms with Gasteiger partial charge in [0, 0.05) is 6.54 Å². The highest BCUT2D eigenvalue weighted by Gasteiger charge is 2.35. The lowest BCUT2D eigenvalue weighted by Gasteiger charge is -2.27. The summed E-state index contributed by atoms with van der Waals surface area (Å²) in [4.78, 5) is 22.8. The van der Waals surface area contributed by atoms with Crippen LogP contribution in [0, 0.1) is 5.92 Å². The molecular formula is C11H17BrF3NO3. The Morgan fingerprint density at radius 3 is 2.21 bits per heavy atom. The zero-order chi connectivity index (χ0) is 15.2. The third kappa shape index (κ3) is 7.39. The highest BCUT2D eigenvalue weighted by atomic mass is 79.9. The molecule has 0 fully saturated rings. The van der Waals surface area contributed by atoms with Crippen LogP contribution in [-0.2, 0) is 14.3 Å². The lowest BCUT2D eigenvalue weighted by Crippen LogP contribution is -2.44. The van der Waals surface area contributed by atoms with E-state index in [0.717, 1.165) is 7.11 Å². The van der Waals surface area contributed by atoms with Crippen LogP contribution >= 0.6 is 15.9 Å². The van der Waals surface area contributed by atoms with Gasteiger partial charge < -0.3 is 9.64 Å². The second kappa shape index (κ2) is 7.72. The van der Waals surface area contributed by atoms with E-state index in [0.29, 0.717) is 4.90 Å².